The molecule has 1 atom stereocenters. The van der Waals surface area contributed by atoms with Crippen molar-refractivity contribution < 1.29 is 13.2 Å². The largest absolute Gasteiger partial charge is 0.417 e. The van der Waals surface area contributed by atoms with Crippen LogP contribution >= 0.6 is 11.6 Å². The molecule has 1 rings (SSSR count). The highest BCUT2D eigenvalue weighted by atomic mass is 35.5. The first-order valence-electron chi connectivity index (χ1n) is 4.28. The summed E-state index contributed by atoms with van der Waals surface area (Å²) in [5.74, 6) is 0. The highest BCUT2D eigenvalue weighted by molar-refractivity contribution is 6.31. The van der Waals surface area contributed by atoms with Crippen molar-refractivity contribution in [2.24, 2.45) is 5.73 Å². The molecule has 2 nitrogen and oxygen atoms in total. The van der Waals surface area contributed by atoms with E-state index in [0.29, 0.717) is 12.1 Å². The van der Waals surface area contributed by atoms with E-state index in [1.807, 2.05) is 0 Å². The monoisotopic (exact) mass is 238 g/mol. The van der Waals surface area contributed by atoms with Gasteiger partial charge in [-0.15, -0.1) is 0 Å². The SMILES string of the molecule is CC(N)Cc1ncc(C(F)(F)F)cc1Cl. The number of alkyl halides is 3. The third-order valence-corrected chi connectivity index (χ3v) is 2.09. The number of nitrogens with two attached hydrogens (primary N) is 1. The molecule has 0 radical (unpaired) electrons. The fourth-order valence-electron chi connectivity index (χ4n) is 1.08. The van der Waals surface area contributed by atoms with Gasteiger partial charge in [-0.05, 0) is 13.0 Å². The Morgan fingerprint density at radius 3 is 2.53 bits per heavy atom. The maximum absolute atomic E-state index is 12.2. The Bertz CT molecular complexity index is 350. The number of pyridine rings is 1. The lowest BCUT2D eigenvalue weighted by molar-refractivity contribution is -0.137. The van der Waals surface area contributed by atoms with E-state index < -0.39 is 11.7 Å². The molecule has 0 aliphatic heterocycles. The minimum atomic E-state index is -4.41. The molecule has 6 heteroatoms. The summed E-state index contributed by atoms with van der Waals surface area (Å²) in [4.78, 5) is 3.65. The van der Waals surface area contributed by atoms with Gasteiger partial charge in [0.05, 0.1) is 16.3 Å². The van der Waals surface area contributed by atoms with Crippen LogP contribution in [0.3, 0.4) is 0 Å². The van der Waals surface area contributed by atoms with Crippen molar-refractivity contribution in [3.05, 3.63) is 28.5 Å². The molecule has 2 N–H and O–H groups in total. The van der Waals surface area contributed by atoms with Crippen LogP contribution in [0.4, 0.5) is 13.2 Å². The van der Waals surface area contributed by atoms with Crippen molar-refractivity contribution in [2.45, 2.75) is 25.6 Å². The van der Waals surface area contributed by atoms with E-state index in [0.717, 1.165) is 12.3 Å². The molecule has 0 spiro atoms. The predicted octanol–water partition coefficient (Wildman–Crippen LogP) is 2.64. The Labute approximate surface area is 90.3 Å². The molecule has 1 unspecified atom stereocenters. The molecule has 0 saturated carbocycles. The van der Waals surface area contributed by atoms with Crippen LogP contribution in [-0.2, 0) is 12.6 Å². The van der Waals surface area contributed by atoms with E-state index in [-0.39, 0.29) is 11.1 Å². The van der Waals surface area contributed by atoms with E-state index in [9.17, 15) is 13.2 Å². The lowest BCUT2D eigenvalue weighted by Gasteiger charge is -2.10. The summed E-state index contributed by atoms with van der Waals surface area (Å²) in [6.45, 7) is 1.73. The molecule has 1 aromatic rings. The van der Waals surface area contributed by atoms with Crippen molar-refractivity contribution in [3.63, 3.8) is 0 Å². The molecular weight excluding hydrogens is 229 g/mol. The quantitative estimate of drug-likeness (QED) is 0.860. The van der Waals surface area contributed by atoms with Crippen molar-refractivity contribution >= 4 is 11.6 Å². The van der Waals surface area contributed by atoms with Crippen molar-refractivity contribution in [2.75, 3.05) is 0 Å². The fraction of sp³-hybridized carbons (Fsp3) is 0.444. The van der Waals surface area contributed by atoms with Crippen molar-refractivity contribution in [1.82, 2.24) is 4.98 Å². The third kappa shape index (κ3) is 3.35. The summed E-state index contributed by atoms with van der Waals surface area (Å²) in [5.41, 5.74) is 5.04. The molecule has 15 heavy (non-hydrogen) atoms. The molecule has 1 heterocycles. The number of halogens is 4. The van der Waals surface area contributed by atoms with E-state index >= 15 is 0 Å². The molecule has 0 fully saturated rings. The van der Waals surface area contributed by atoms with Gasteiger partial charge in [0.25, 0.3) is 0 Å². The highest BCUT2D eigenvalue weighted by Gasteiger charge is 2.31. The summed E-state index contributed by atoms with van der Waals surface area (Å²) < 4.78 is 36.7. The number of hydrogen-bond donors (Lipinski definition) is 1. The van der Waals surface area contributed by atoms with Gasteiger partial charge in [-0.3, -0.25) is 4.98 Å². The van der Waals surface area contributed by atoms with Gasteiger partial charge in [0, 0.05) is 18.7 Å². The maximum Gasteiger partial charge on any atom is 0.417 e. The summed E-state index contributed by atoms with van der Waals surface area (Å²) in [5, 5.41) is 0.00197. The lowest BCUT2D eigenvalue weighted by atomic mass is 10.1. The summed E-state index contributed by atoms with van der Waals surface area (Å²) in [6.07, 6.45) is -3.29. The van der Waals surface area contributed by atoms with Crippen LogP contribution in [0.1, 0.15) is 18.2 Å². The zero-order valence-electron chi connectivity index (χ0n) is 7.98. The Morgan fingerprint density at radius 2 is 2.13 bits per heavy atom. The minimum Gasteiger partial charge on any atom is -0.328 e. The summed E-state index contributed by atoms with van der Waals surface area (Å²) in [7, 11) is 0. The van der Waals surface area contributed by atoms with Gasteiger partial charge in [-0.1, -0.05) is 11.6 Å². The second-order valence-electron chi connectivity index (χ2n) is 3.33. The van der Waals surface area contributed by atoms with Gasteiger partial charge < -0.3 is 5.73 Å². The average Bonchev–Trinajstić information content (AvgIpc) is 2.05. The normalized spacial score (nSPS) is 14.0. The first kappa shape index (κ1) is 12.3. The van der Waals surface area contributed by atoms with Crippen LogP contribution in [0.5, 0.6) is 0 Å². The number of hydrogen-bond acceptors (Lipinski definition) is 2. The molecule has 0 amide bonds. The predicted molar refractivity (Wildman–Crippen MR) is 51.6 cm³/mol. The number of nitrogens with zero attached hydrogens (tertiary/aromatic N) is 1. The van der Waals surface area contributed by atoms with E-state index in [1.165, 1.54) is 0 Å². The number of rotatable bonds is 2. The molecule has 0 aliphatic carbocycles. The topological polar surface area (TPSA) is 38.9 Å². The molecular formula is C9H10ClF3N2. The van der Waals surface area contributed by atoms with Crippen LogP contribution in [-0.4, -0.2) is 11.0 Å². The zero-order valence-corrected chi connectivity index (χ0v) is 8.73. The third-order valence-electron chi connectivity index (χ3n) is 1.76. The van der Waals surface area contributed by atoms with Crippen LogP contribution in [0, 0.1) is 0 Å². The van der Waals surface area contributed by atoms with E-state index in [1.54, 1.807) is 6.92 Å². The minimum absolute atomic E-state index is 0.00197. The van der Waals surface area contributed by atoms with Crippen molar-refractivity contribution in [1.29, 1.82) is 0 Å². The Morgan fingerprint density at radius 1 is 1.53 bits per heavy atom. The average molecular weight is 239 g/mol. The Hall–Kier alpha value is -0.810. The van der Waals surface area contributed by atoms with Crippen LogP contribution in [0.2, 0.25) is 5.02 Å². The number of aromatic nitrogens is 1. The standard InChI is InChI=1S/C9H10ClF3N2/c1-5(14)2-8-7(10)3-6(4-15-8)9(11,12)13/h3-5H,2,14H2,1H3. The van der Waals surface area contributed by atoms with Gasteiger partial charge in [0.2, 0.25) is 0 Å². The summed E-state index contributed by atoms with van der Waals surface area (Å²) >= 11 is 5.66. The van der Waals surface area contributed by atoms with Gasteiger partial charge >= 0.3 is 6.18 Å². The van der Waals surface area contributed by atoms with Gasteiger partial charge in [0.15, 0.2) is 0 Å². The van der Waals surface area contributed by atoms with Crippen LogP contribution in [0.15, 0.2) is 12.3 Å². The maximum atomic E-state index is 12.2. The first-order valence-corrected chi connectivity index (χ1v) is 4.65. The lowest BCUT2D eigenvalue weighted by Crippen LogP contribution is -2.19. The second kappa shape index (κ2) is 4.37. The van der Waals surface area contributed by atoms with Gasteiger partial charge in [-0.25, -0.2) is 0 Å². The molecule has 1 aromatic heterocycles. The first-order chi connectivity index (χ1) is 6.80. The fourth-order valence-corrected chi connectivity index (χ4v) is 1.32. The molecule has 0 bridgehead atoms. The van der Waals surface area contributed by atoms with Crippen LogP contribution in [0.25, 0.3) is 0 Å². The summed E-state index contributed by atoms with van der Waals surface area (Å²) in [6, 6.07) is 0.679. The van der Waals surface area contributed by atoms with E-state index in [4.69, 9.17) is 17.3 Å². The van der Waals surface area contributed by atoms with Gasteiger partial charge in [0.1, 0.15) is 0 Å². The second-order valence-corrected chi connectivity index (χ2v) is 3.74. The molecule has 0 saturated heterocycles. The smallest absolute Gasteiger partial charge is 0.328 e. The molecule has 84 valence electrons. The highest BCUT2D eigenvalue weighted by Crippen LogP contribution is 2.31. The van der Waals surface area contributed by atoms with E-state index in [2.05, 4.69) is 4.98 Å². The Balaban J connectivity index is 2.98. The van der Waals surface area contributed by atoms with Gasteiger partial charge in [-0.2, -0.15) is 13.2 Å². The van der Waals surface area contributed by atoms with Crippen molar-refractivity contribution in [3.8, 4) is 0 Å². The Kier molecular flexibility index (Phi) is 3.57. The molecule has 0 aromatic carbocycles. The van der Waals surface area contributed by atoms with Crippen LogP contribution < -0.4 is 5.73 Å². The zero-order chi connectivity index (χ0) is 11.6. The molecule has 0 aliphatic rings.